The molecule has 0 unspecified atom stereocenters. The second-order valence-corrected chi connectivity index (χ2v) is 4.57. The number of nitrogens with zero attached hydrogens (tertiary/aromatic N) is 1. The number of benzene rings is 1. The minimum Gasteiger partial charge on any atom is -0.481 e. The van der Waals surface area contributed by atoms with Crippen molar-refractivity contribution in [2.45, 2.75) is 12.8 Å². The predicted octanol–water partition coefficient (Wildman–Crippen LogP) is 1.30. The van der Waals surface area contributed by atoms with Crippen LogP contribution in [0.25, 0.3) is 0 Å². The van der Waals surface area contributed by atoms with E-state index in [1.54, 1.807) is 17.0 Å². The van der Waals surface area contributed by atoms with Crippen LogP contribution in [0.4, 0.5) is 4.39 Å². The predicted molar refractivity (Wildman–Crippen MR) is 62.4 cm³/mol. The summed E-state index contributed by atoms with van der Waals surface area (Å²) in [5.74, 6) is -1.12. The molecule has 1 fully saturated rings. The van der Waals surface area contributed by atoms with Crippen molar-refractivity contribution in [1.29, 1.82) is 0 Å². The summed E-state index contributed by atoms with van der Waals surface area (Å²) in [4.78, 5) is 23.9. The van der Waals surface area contributed by atoms with Crippen LogP contribution in [-0.2, 0) is 16.0 Å². The molecule has 0 bridgehead atoms. The van der Waals surface area contributed by atoms with Crippen molar-refractivity contribution in [2.75, 3.05) is 13.1 Å². The van der Waals surface area contributed by atoms with E-state index in [0.717, 1.165) is 5.56 Å². The first kappa shape index (κ1) is 12.5. The summed E-state index contributed by atoms with van der Waals surface area (Å²) in [5.41, 5.74) is 0.767. The molecule has 1 saturated heterocycles. The third kappa shape index (κ3) is 3.06. The van der Waals surface area contributed by atoms with Gasteiger partial charge in [-0.15, -0.1) is 0 Å². The van der Waals surface area contributed by atoms with Crippen molar-refractivity contribution in [3.05, 3.63) is 35.6 Å². The van der Waals surface area contributed by atoms with Gasteiger partial charge < -0.3 is 10.0 Å². The Morgan fingerprint density at radius 2 is 1.89 bits per heavy atom. The second kappa shape index (κ2) is 5.16. The topological polar surface area (TPSA) is 57.6 Å². The quantitative estimate of drug-likeness (QED) is 0.877. The lowest BCUT2D eigenvalue weighted by Gasteiger charge is -2.38. The highest BCUT2D eigenvalue weighted by Crippen LogP contribution is 2.20. The van der Waals surface area contributed by atoms with Crippen molar-refractivity contribution in [3.8, 4) is 0 Å². The van der Waals surface area contributed by atoms with Gasteiger partial charge in [0.05, 0.1) is 12.8 Å². The lowest BCUT2D eigenvalue weighted by molar-refractivity contribution is -0.144. The molecule has 1 aliphatic rings. The summed E-state index contributed by atoms with van der Waals surface area (Å²) < 4.78 is 12.7. The van der Waals surface area contributed by atoms with Crippen LogP contribution in [0.5, 0.6) is 0 Å². The highest BCUT2D eigenvalue weighted by Gasteiger charge is 2.31. The monoisotopic (exact) mass is 251 g/mol. The van der Waals surface area contributed by atoms with Gasteiger partial charge in [-0.25, -0.2) is 4.39 Å². The minimum absolute atomic E-state index is 0.0387. The Bertz CT molecular complexity index is 452. The number of likely N-dealkylation sites (tertiary alicyclic amines) is 1. The van der Waals surface area contributed by atoms with E-state index in [2.05, 4.69) is 0 Å². The molecule has 0 spiro atoms. The number of carboxylic acids is 1. The molecule has 0 aromatic heterocycles. The first-order chi connectivity index (χ1) is 8.54. The molecule has 0 aliphatic carbocycles. The molecular formula is C13H14FNO3. The molecule has 1 N–H and O–H groups in total. The molecule has 1 amide bonds. The first-order valence-electron chi connectivity index (χ1n) is 5.78. The van der Waals surface area contributed by atoms with Gasteiger partial charge in [0, 0.05) is 19.0 Å². The summed E-state index contributed by atoms with van der Waals surface area (Å²) in [5, 5.41) is 8.60. The Kier molecular flexibility index (Phi) is 3.60. The van der Waals surface area contributed by atoms with Crippen LogP contribution in [0.3, 0.4) is 0 Å². The first-order valence-corrected chi connectivity index (χ1v) is 5.78. The van der Waals surface area contributed by atoms with Gasteiger partial charge in [-0.3, -0.25) is 9.59 Å². The number of amides is 1. The van der Waals surface area contributed by atoms with E-state index in [1.807, 2.05) is 0 Å². The zero-order valence-corrected chi connectivity index (χ0v) is 9.80. The molecule has 5 heteroatoms. The lowest BCUT2D eigenvalue weighted by Crippen LogP contribution is -2.51. The Balaban J connectivity index is 1.80. The second-order valence-electron chi connectivity index (χ2n) is 4.57. The number of carbonyl (C=O) groups is 2. The van der Waals surface area contributed by atoms with Crippen molar-refractivity contribution in [1.82, 2.24) is 4.90 Å². The Hall–Kier alpha value is -1.91. The molecule has 1 aliphatic heterocycles. The van der Waals surface area contributed by atoms with Crippen LogP contribution in [0.1, 0.15) is 12.0 Å². The fourth-order valence-electron chi connectivity index (χ4n) is 2.04. The van der Waals surface area contributed by atoms with Gasteiger partial charge >= 0.3 is 5.97 Å². The standard InChI is InChI=1S/C13H14FNO3/c14-11-3-1-9(2-4-11)5-12(16)15-7-10(8-15)6-13(17)18/h1-4,10H,5-8H2,(H,17,18). The maximum Gasteiger partial charge on any atom is 0.303 e. The number of aliphatic carboxylic acids is 1. The van der Waals surface area contributed by atoms with E-state index in [0.29, 0.717) is 13.1 Å². The van der Waals surface area contributed by atoms with Crippen molar-refractivity contribution < 1.29 is 19.1 Å². The molecule has 2 rings (SSSR count). The third-order valence-corrected chi connectivity index (χ3v) is 3.04. The van der Waals surface area contributed by atoms with Crippen LogP contribution in [0.2, 0.25) is 0 Å². The number of carbonyl (C=O) groups excluding carboxylic acids is 1. The fourth-order valence-corrected chi connectivity index (χ4v) is 2.04. The van der Waals surface area contributed by atoms with Crippen molar-refractivity contribution >= 4 is 11.9 Å². The normalized spacial score (nSPS) is 15.3. The van der Waals surface area contributed by atoms with E-state index in [4.69, 9.17) is 5.11 Å². The van der Waals surface area contributed by atoms with Crippen LogP contribution < -0.4 is 0 Å². The van der Waals surface area contributed by atoms with E-state index in [9.17, 15) is 14.0 Å². The summed E-state index contributed by atoms with van der Waals surface area (Å²) in [7, 11) is 0. The van der Waals surface area contributed by atoms with Gasteiger partial charge in [0.25, 0.3) is 0 Å². The summed E-state index contributed by atoms with van der Waals surface area (Å²) >= 11 is 0. The van der Waals surface area contributed by atoms with Crippen molar-refractivity contribution in [2.24, 2.45) is 5.92 Å². The van der Waals surface area contributed by atoms with E-state index < -0.39 is 5.97 Å². The molecule has 1 aromatic rings. The molecule has 0 radical (unpaired) electrons. The van der Waals surface area contributed by atoms with Gasteiger partial charge in [0.2, 0.25) is 5.91 Å². The molecule has 4 nitrogen and oxygen atoms in total. The number of hydrogen-bond donors (Lipinski definition) is 1. The summed E-state index contributed by atoms with van der Waals surface area (Å²) in [6, 6.07) is 5.82. The SMILES string of the molecule is O=C(O)CC1CN(C(=O)Cc2ccc(F)cc2)C1. The Morgan fingerprint density at radius 1 is 1.28 bits per heavy atom. The van der Waals surface area contributed by atoms with E-state index in [1.165, 1.54) is 12.1 Å². The zero-order valence-electron chi connectivity index (χ0n) is 9.80. The highest BCUT2D eigenvalue weighted by atomic mass is 19.1. The average Bonchev–Trinajstić information content (AvgIpc) is 2.25. The highest BCUT2D eigenvalue weighted by molar-refractivity contribution is 5.79. The number of hydrogen-bond acceptors (Lipinski definition) is 2. The molecule has 18 heavy (non-hydrogen) atoms. The van der Waals surface area contributed by atoms with Gasteiger partial charge in [-0.2, -0.15) is 0 Å². The molecule has 0 atom stereocenters. The number of rotatable bonds is 4. The Morgan fingerprint density at radius 3 is 2.44 bits per heavy atom. The van der Waals surface area contributed by atoms with Crippen LogP contribution >= 0.6 is 0 Å². The van der Waals surface area contributed by atoms with Gasteiger partial charge in [-0.1, -0.05) is 12.1 Å². The fraction of sp³-hybridized carbons (Fsp3) is 0.385. The zero-order chi connectivity index (χ0) is 13.1. The Labute approximate surface area is 104 Å². The maximum atomic E-state index is 12.7. The van der Waals surface area contributed by atoms with Gasteiger partial charge in [0.15, 0.2) is 0 Å². The largest absolute Gasteiger partial charge is 0.481 e. The maximum absolute atomic E-state index is 12.7. The smallest absolute Gasteiger partial charge is 0.303 e. The number of carboxylic acid groups (broad SMARTS) is 1. The molecule has 96 valence electrons. The molecular weight excluding hydrogens is 237 g/mol. The van der Waals surface area contributed by atoms with Crippen LogP contribution in [0.15, 0.2) is 24.3 Å². The van der Waals surface area contributed by atoms with Crippen molar-refractivity contribution in [3.63, 3.8) is 0 Å². The average molecular weight is 251 g/mol. The molecule has 1 heterocycles. The van der Waals surface area contributed by atoms with E-state index >= 15 is 0 Å². The minimum atomic E-state index is -0.828. The lowest BCUT2D eigenvalue weighted by atomic mass is 9.95. The van der Waals surface area contributed by atoms with Gasteiger partial charge in [-0.05, 0) is 17.7 Å². The van der Waals surface area contributed by atoms with Crippen LogP contribution in [0, 0.1) is 11.7 Å². The van der Waals surface area contributed by atoms with Gasteiger partial charge in [0.1, 0.15) is 5.82 Å². The summed E-state index contributed by atoms with van der Waals surface area (Å²) in [6.45, 7) is 1.01. The van der Waals surface area contributed by atoms with Crippen LogP contribution in [-0.4, -0.2) is 35.0 Å². The summed E-state index contributed by atoms with van der Waals surface area (Å²) in [6.07, 6.45) is 0.348. The third-order valence-electron chi connectivity index (χ3n) is 3.04. The molecule has 0 saturated carbocycles. The number of halogens is 1. The van der Waals surface area contributed by atoms with E-state index in [-0.39, 0.29) is 30.5 Å². The molecule has 1 aromatic carbocycles.